The van der Waals surface area contributed by atoms with Gasteiger partial charge in [0.1, 0.15) is 0 Å². The molecule has 0 N–H and O–H groups in total. The highest BCUT2D eigenvalue weighted by Gasteiger charge is 2.43. The molecule has 0 aliphatic heterocycles. The van der Waals surface area contributed by atoms with E-state index in [4.69, 9.17) is 17.1 Å². The Morgan fingerprint density at radius 1 is 0.516 bits per heavy atom. The molecular formula is C23H66O4Si4. The van der Waals surface area contributed by atoms with Crippen molar-refractivity contribution in [3.63, 3.8) is 0 Å². The topological polar surface area (TPSA) is 36.9 Å². The van der Waals surface area contributed by atoms with Gasteiger partial charge in [-0.3, -0.25) is 0 Å². The van der Waals surface area contributed by atoms with E-state index in [0.29, 0.717) is 0 Å². The maximum Gasteiger partial charge on any atom is 0.315 e. The Hall–Kier alpha value is 0.708. The van der Waals surface area contributed by atoms with Crippen molar-refractivity contribution >= 4 is 33.8 Å². The first-order chi connectivity index (χ1) is 11.7. The summed E-state index contributed by atoms with van der Waals surface area (Å²) in [7, 11) is -7.63. The third kappa shape index (κ3) is 28.7. The minimum atomic E-state index is -2.21. The highest BCUT2D eigenvalue weighted by atomic mass is 28.5. The van der Waals surface area contributed by atoms with Crippen LogP contribution in [0.15, 0.2) is 0 Å². The van der Waals surface area contributed by atoms with Gasteiger partial charge in [-0.1, -0.05) is 63.3 Å². The maximum absolute atomic E-state index is 6.72. The lowest BCUT2D eigenvalue weighted by atomic mass is 10.2. The van der Waals surface area contributed by atoms with Crippen molar-refractivity contribution in [2.75, 3.05) is 13.2 Å². The molecule has 1 atom stereocenters. The lowest BCUT2D eigenvalue weighted by Gasteiger charge is -2.41. The molecule has 0 radical (unpaired) electrons. The molecule has 0 aromatic carbocycles. The Kier molecular flexibility index (Phi) is 29.4. The van der Waals surface area contributed by atoms with Crippen LogP contribution in [-0.4, -0.2) is 47.0 Å². The van der Waals surface area contributed by atoms with E-state index in [1.807, 2.05) is 0 Å². The summed E-state index contributed by atoms with van der Waals surface area (Å²) in [6.07, 6.45) is 5.90. The first-order valence-corrected chi connectivity index (χ1v) is 22.5. The standard InChI is InChI=1S/C18H46O4Si4.5CH4/c1-11-16-19-17-14-12-13-15-18-26(10,21-24(5,6)7)22-25(8,9)20-23(2,3)4;;;;;/h11-18H2,1-10H3;5*1H4. The monoisotopic (exact) mass is 518 g/mol. The Labute approximate surface area is 205 Å². The van der Waals surface area contributed by atoms with E-state index in [2.05, 4.69) is 65.8 Å². The van der Waals surface area contributed by atoms with Gasteiger partial charge >= 0.3 is 17.1 Å². The molecule has 0 heterocycles. The molecule has 0 aliphatic rings. The maximum atomic E-state index is 6.72. The third-order valence-electron chi connectivity index (χ3n) is 3.55. The highest BCUT2D eigenvalue weighted by molar-refractivity contribution is 6.89. The molecule has 0 spiro atoms. The fourth-order valence-electron chi connectivity index (χ4n) is 3.30. The lowest BCUT2D eigenvalue weighted by molar-refractivity contribution is 0.130. The third-order valence-corrected chi connectivity index (χ3v) is 17.1. The van der Waals surface area contributed by atoms with Gasteiger partial charge in [0.2, 0.25) is 0 Å². The molecule has 0 aromatic heterocycles. The van der Waals surface area contributed by atoms with Gasteiger partial charge in [0, 0.05) is 13.2 Å². The Balaban J connectivity index is -0.000000312. The highest BCUT2D eigenvalue weighted by Crippen LogP contribution is 2.28. The van der Waals surface area contributed by atoms with Gasteiger partial charge in [-0.2, -0.15) is 0 Å². The Bertz CT molecular complexity index is 383. The first-order valence-electron chi connectivity index (χ1n) is 10.4. The summed E-state index contributed by atoms with van der Waals surface area (Å²) in [6.45, 7) is 24.1. The molecule has 0 rings (SSSR count). The van der Waals surface area contributed by atoms with E-state index in [-0.39, 0.29) is 37.1 Å². The molecule has 0 aliphatic carbocycles. The van der Waals surface area contributed by atoms with E-state index in [9.17, 15) is 0 Å². The molecule has 0 bridgehead atoms. The predicted molar refractivity (Wildman–Crippen MR) is 157 cm³/mol. The largest absolute Gasteiger partial charge is 0.437 e. The second-order valence-corrected chi connectivity index (χ2v) is 26.3. The SMILES string of the molecule is C.C.C.C.C.CCCOCCCCCC[Si](C)(O[Si](C)(C)C)O[Si](C)(C)O[Si](C)(C)C. The zero-order valence-electron chi connectivity index (χ0n) is 19.3. The zero-order chi connectivity index (χ0) is 20.5. The van der Waals surface area contributed by atoms with Crippen LogP contribution < -0.4 is 0 Å². The average molecular weight is 519 g/mol. The summed E-state index contributed by atoms with van der Waals surface area (Å²) in [4.78, 5) is 0. The summed E-state index contributed by atoms with van der Waals surface area (Å²) < 4.78 is 25.3. The van der Waals surface area contributed by atoms with Crippen molar-refractivity contribution in [1.29, 1.82) is 0 Å². The van der Waals surface area contributed by atoms with Crippen molar-refractivity contribution in [2.45, 2.75) is 141 Å². The molecule has 198 valence electrons. The van der Waals surface area contributed by atoms with Crippen molar-refractivity contribution in [3.8, 4) is 0 Å². The Morgan fingerprint density at radius 3 is 1.39 bits per heavy atom. The molecule has 1 unspecified atom stereocenters. The van der Waals surface area contributed by atoms with Crippen molar-refractivity contribution in [2.24, 2.45) is 0 Å². The smallest absolute Gasteiger partial charge is 0.315 e. The van der Waals surface area contributed by atoms with Crippen LogP contribution in [-0.2, 0) is 17.1 Å². The fraction of sp³-hybridized carbons (Fsp3) is 1.00. The Morgan fingerprint density at radius 2 is 0.968 bits per heavy atom. The van der Waals surface area contributed by atoms with Gasteiger partial charge < -0.3 is 17.1 Å². The second kappa shape index (κ2) is 20.1. The molecular weight excluding hydrogens is 453 g/mol. The van der Waals surface area contributed by atoms with Gasteiger partial charge in [0.05, 0.1) is 0 Å². The molecule has 4 nitrogen and oxygen atoms in total. The number of ether oxygens (including phenoxy) is 1. The molecule has 0 amide bonds. The van der Waals surface area contributed by atoms with Gasteiger partial charge in [0.25, 0.3) is 0 Å². The zero-order valence-corrected chi connectivity index (χ0v) is 23.3. The normalized spacial score (nSPS) is 13.4. The minimum absolute atomic E-state index is 0. The quantitative estimate of drug-likeness (QED) is 0.160. The summed E-state index contributed by atoms with van der Waals surface area (Å²) in [5.74, 6) is 0. The molecule has 0 aromatic rings. The predicted octanol–water partition coefficient (Wildman–Crippen LogP) is 9.65. The minimum Gasteiger partial charge on any atom is -0.437 e. The molecule has 0 saturated carbocycles. The van der Waals surface area contributed by atoms with Crippen molar-refractivity contribution in [1.82, 2.24) is 0 Å². The van der Waals surface area contributed by atoms with Crippen LogP contribution in [0.4, 0.5) is 0 Å². The van der Waals surface area contributed by atoms with Crippen LogP contribution >= 0.6 is 0 Å². The first kappa shape index (κ1) is 45.2. The van der Waals surface area contributed by atoms with E-state index in [1.165, 1.54) is 19.3 Å². The summed E-state index contributed by atoms with van der Waals surface area (Å²) in [6, 6.07) is 1.07. The molecule has 31 heavy (non-hydrogen) atoms. The number of hydrogen-bond acceptors (Lipinski definition) is 4. The summed E-state index contributed by atoms with van der Waals surface area (Å²) in [5.41, 5.74) is 0. The molecule has 8 heteroatoms. The van der Waals surface area contributed by atoms with E-state index in [1.54, 1.807) is 0 Å². The van der Waals surface area contributed by atoms with Crippen LogP contribution in [0.25, 0.3) is 0 Å². The lowest BCUT2D eigenvalue weighted by Crippen LogP contribution is -2.56. The van der Waals surface area contributed by atoms with Crippen LogP contribution in [0.1, 0.15) is 76.2 Å². The number of rotatable bonds is 15. The van der Waals surface area contributed by atoms with Gasteiger partial charge in [0.15, 0.2) is 16.6 Å². The van der Waals surface area contributed by atoms with Crippen LogP contribution in [0, 0.1) is 0 Å². The van der Waals surface area contributed by atoms with Gasteiger partial charge in [-0.05, 0) is 77.8 Å². The van der Waals surface area contributed by atoms with E-state index in [0.717, 1.165) is 32.1 Å². The van der Waals surface area contributed by atoms with Crippen LogP contribution in [0.2, 0.25) is 65.0 Å². The van der Waals surface area contributed by atoms with Crippen LogP contribution in [0.3, 0.4) is 0 Å². The van der Waals surface area contributed by atoms with E-state index < -0.39 is 33.8 Å². The molecule has 0 fully saturated rings. The summed E-state index contributed by atoms with van der Waals surface area (Å²) in [5, 5.41) is 0. The second-order valence-electron chi connectivity index (χ2n) is 9.84. The summed E-state index contributed by atoms with van der Waals surface area (Å²) >= 11 is 0. The molecule has 0 saturated heterocycles. The average Bonchev–Trinajstić information content (AvgIpc) is 2.35. The number of unbranched alkanes of at least 4 members (excludes halogenated alkanes) is 3. The number of hydrogen-bond donors (Lipinski definition) is 0. The van der Waals surface area contributed by atoms with Crippen molar-refractivity contribution in [3.05, 3.63) is 0 Å². The van der Waals surface area contributed by atoms with Crippen molar-refractivity contribution < 1.29 is 17.1 Å². The fourth-order valence-corrected chi connectivity index (χ4v) is 21.3. The van der Waals surface area contributed by atoms with E-state index >= 15 is 0 Å². The van der Waals surface area contributed by atoms with Crippen LogP contribution in [0.5, 0.6) is 0 Å². The van der Waals surface area contributed by atoms with Gasteiger partial charge in [-0.25, -0.2) is 0 Å². The van der Waals surface area contributed by atoms with Gasteiger partial charge in [-0.15, -0.1) is 0 Å².